The molecule has 0 atom stereocenters. The van der Waals surface area contributed by atoms with Crippen LogP contribution in [0.2, 0.25) is 0 Å². The number of benzene rings is 2. The summed E-state index contributed by atoms with van der Waals surface area (Å²) in [7, 11) is 0. The van der Waals surface area contributed by atoms with Gasteiger partial charge >= 0.3 is 6.09 Å². The van der Waals surface area contributed by atoms with Gasteiger partial charge < -0.3 is 15.0 Å². The molecule has 0 aromatic heterocycles. The molecule has 1 aliphatic rings. The van der Waals surface area contributed by atoms with Gasteiger partial charge in [0, 0.05) is 25.3 Å². The maximum Gasteiger partial charge on any atom is 0.407 e. The Balaban J connectivity index is 1.41. The van der Waals surface area contributed by atoms with E-state index in [1.54, 1.807) is 0 Å². The fourth-order valence-electron chi connectivity index (χ4n) is 3.29. The highest BCUT2D eigenvalue weighted by atomic mass is 16.5. The van der Waals surface area contributed by atoms with Crippen LogP contribution in [-0.4, -0.2) is 25.7 Å². The number of hydrogen-bond acceptors (Lipinski definition) is 3. The Labute approximate surface area is 161 Å². The number of piperidine rings is 1. The van der Waals surface area contributed by atoms with Gasteiger partial charge in [-0.2, -0.15) is 0 Å². The van der Waals surface area contributed by atoms with E-state index in [0.717, 1.165) is 25.1 Å². The molecule has 0 unspecified atom stereocenters. The van der Waals surface area contributed by atoms with E-state index < -0.39 is 0 Å². The molecule has 0 spiro atoms. The largest absolute Gasteiger partial charge is 0.445 e. The van der Waals surface area contributed by atoms with E-state index in [-0.39, 0.29) is 6.09 Å². The zero-order valence-electron chi connectivity index (χ0n) is 15.8. The third kappa shape index (κ3) is 6.17. The van der Waals surface area contributed by atoms with Crippen molar-refractivity contribution in [1.82, 2.24) is 5.32 Å². The number of alkyl carbamates (subject to hydrolysis) is 1. The average molecular weight is 364 g/mol. The number of carbonyl (C=O) groups is 1. The number of carbonyl (C=O) groups excluding carboxylic acids is 1. The SMILES string of the molecule is O=C(NCCC=Cc1ccccc1N1CCCCC1)OCc1ccccc1. The lowest BCUT2D eigenvalue weighted by Gasteiger charge is -2.30. The molecule has 3 rings (SSSR count). The minimum Gasteiger partial charge on any atom is -0.445 e. The fraction of sp³-hybridized carbons (Fsp3) is 0.348. The molecular weight excluding hydrogens is 336 g/mol. The first-order valence-electron chi connectivity index (χ1n) is 9.78. The van der Waals surface area contributed by atoms with Gasteiger partial charge in [0.1, 0.15) is 6.61 Å². The molecule has 1 N–H and O–H groups in total. The lowest BCUT2D eigenvalue weighted by Crippen LogP contribution is -2.29. The van der Waals surface area contributed by atoms with Crippen LogP contribution in [0.25, 0.3) is 6.08 Å². The Bertz CT molecular complexity index is 737. The number of ether oxygens (including phenoxy) is 1. The molecular formula is C23H28N2O2. The second kappa shape index (κ2) is 10.4. The first-order chi connectivity index (χ1) is 13.3. The van der Waals surface area contributed by atoms with Crippen molar-refractivity contribution in [2.45, 2.75) is 32.3 Å². The Hall–Kier alpha value is -2.75. The van der Waals surface area contributed by atoms with Crippen molar-refractivity contribution >= 4 is 17.9 Å². The number of amides is 1. The highest BCUT2D eigenvalue weighted by molar-refractivity contribution is 5.68. The summed E-state index contributed by atoms with van der Waals surface area (Å²) in [6.45, 7) is 3.14. The average Bonchev–Trinajstić information content (AvgIpc) is 2.74. The maximum atomic E-state index is 11.7. The van der Waals surface area contributed by atoms with Crippen LogP contribution in [0, 0.1) is 0 Å². The molecule has 0 aliphatic carbocycles. The molecule has 0 saturated carbocycles. The van der Waals surface area contributed by atoms with Gasteiger partial charge in [-0.15, -0.1) is 0 Å². The van der Waals surface area contributed by atoms with E-state index in [0.29, 0.717) is 13.2 Å². The van der Waals surface area contributed by atoms with Gasteiger partial charge in [0.2, 0.25) is 0 Å². The first kappa shape index (κ1) is 19.0. The third-order valence-corrected chi connectivity index (χ3v) is 4.72. The second-order valence-corrected chi connectivity index (χ2v) is 6.79. The minimum atomic E-state index is -0.374. The van der Waals surface area contributed by atoms with Crippen molar-refractivity contribution < 1.29 is 9.53 Å². The van der Waals surface area contributed by atoms with Crippen LogP contribution in [0.15, 0.2) is 60.7 Å². The zero-order valence-corrected chi connectivity index (χ0v) is 15.8. The van der Waals surface area contributed by atoms with E-state index in [2.05, 4.69) is 46.6 Å². The van der Waals surface area contributed by atoms with Crippen molar-refractivity contribution in [1.29, 1.82) is 0 Å². The van der Waals surface area contributed by atoms with Gasteiger partial charge in [-0.1, -0.05) is 60.7 Å². The summed E-state index contributed by atoms with van der Waals surface area (Å²) in [6.07, 6.45) is 8.54. The van der Waals surface area contributed by atoms with Crippen LogP contribution in [0.5, 0.6) is 0 Å². The predicted octanol–water partition coefficient (Wildman–Crippen LogP) is 5.01. The van der Waals surface area contributed by atoms with Gasteiger partial charge in [-0.3, -0.25) is 0 Å². The Kier molecular flexibility index (Phi) is 7.34. The van der Waals surface area contributed by atoms with Crippen LogP contribution in [-0.2, 0) is 11.3 Å². The summed E-state index contributed by atoms with van der Waals surface area (Å²) >= 11 is 0. The number of nitrogens with one attached hydrogen (secondary N) is 1. The van der Waals surface area contributed by atoms with Crippen LogP contribution in [0.1, 0.15) is 36.8 Å². The highest BCUT2D eigenvalue weighted by Crippen LogP contribution is 2.25. The number of nitrogens with zero attached hydrogens (tertiary/aromatic N) is 1. The molecule has 0 bridgehead atoms. The minimum absolute atomic E-state index is 0.297. The Morgan fingerprint density at radius 1 is 1.00 bits per heavy atom. The van der Waals surface area contributed by atoms with E-state index in [9.17, 15) is 4.79 Å². The number of anilines is 1. The van der Waals surface area contributed by atoms with Gasteiger partial charge in [-0.05, 0) is 42.9 Å². The Morgan fingerprint density at radius 3 is 2.56 bits per heavy atom. The number of hydrogen-bond donors (Lipinski definition) is 1. The van der Waals surface area contributed by atoms with Crippen molar-refractivity contribution in [3.05, 3.63) is 71.8 Å². The monoisotopic (exact) mass is 364 g/mol. The summed E-state index contributed by atoms with van der Waals surface area (Å²) in [5.74, 6) is 0. The molecule has 142 valence electrons. The van der Waals surface area contributed by atoms with Crippen LogP contribution in [0.3, 0.4) is 0 Å². The summed E-state index contributed by atoms with van der Waals surface area (Å²) in [6, 6.07) is 18.2. The molecule has 27 heavy (non-hydrogen) atoms. The summed E-state index contributed by atoms with van der Waals surface area (Å²) in [5.41, 5.74) is 3.54. The predicted molar refractivity (Wildman–Crippen MR) is 111 cm³/mol. The number of rotatable bonds is 7. The van der Waals surface area contributed by atoms with Gasteiger partial charge in [0.05, 0.1) is 0 Å². The fourth-order valence-corrected chi connectivity index (χ4v) is 3.29. The molecule has 1 saturated heterocycles. The first-order valence-corrected chi connectivity index (χ1v) is 9.78. The quantitative estimate of drug-likeness (QED) is 0.703. The van der Waals surface area contributed by atoms with Gasteiger partial charge in [0.25, 0.3) is 0 Å². The standard InChI is InChI=1S/C23H28N2O2/c26-23(27-19-20-11-3-1-4-12-20)24-16-8-7-14-21-13-5-6-15-22(21)25-17-9-2-10-18-25/h1,3-7,11-15H,2,8-10,16-19H2,(H,24,26). The van der Waals surface area contributed by atoms with E-state index in [1.165, 1.54) is 30.5 Å². The summed E-state index contributed by atoms with van der Waals surface area (Å²) in [5, 5.41) is 2.79. The zero-order chi connectivity index (χ0) is 18.7. The molecule has 4 heteroatoms. The van der Waals surface area contributed by atoms with Crippen LogP contribution < -0.4 is 10.2 Å². The maximum absolute atomic E-state index is 11.7. The van der Waals surface area contributed by atoms with Crippen molar-refractivity contribution in [2.75, 3.05) is 24.5 Å². The highest BCUT2D eigenvalue weighted by Gasteiger charge is 2.12. The lowest BCUT2D eigenvalue weighted by molar-refractivity contribution is 0.140. The molecule has 2 aromatic rings. The third-order valence-electron chi connectivity index (χ3n) is 4.72. The van der Waals surface area contributed by atoms with E-state index >= 15 is 0 Å². The number of para-hydroxylation sites is 1. The normalized spacial score (nSPS) is 14.3. The van der Waals surface area contributed by atoms with Crippen molar-refractivity contribution in [2.24, 2.45) is 0 Å². The van der Waals surface area contributed by atoms with Crippen LogP contribution in [0.4, 0.5) is 10.5 Å². The molecule has 4 nitrogen and oxygen atoms in total. The lowest BCUT2D eigenvalue weighted by atomic mass is 10.1. The van der Waals surface area contributed by atoms with Crippen molar-refractivity contribution in [3.8, 4) is 0 Å². The summed E-state index contributed by atoms with van der Waals surface area (Å²) < 4.78 is 5.21. The van der Waals surface area contributed by atoms with Gasteiger partial charge in [0.15, 0.2) is 0 Å². The van der Waals surface area contributed by atoms with E-state index in [1.807, 2.05) is 30.3 Å². The van der Waals surface area contributed by atoms with Crippen molar-refractivity contribution in [3.63, 3.8) is 0 Å². The molecule has 1 heterocycles. The Morgan fingerprint density at radius 2 is 1.74 bits per heavy atom. The molecule has 1 aliphatic heterocycles. The molecule has 2 aromatic carbocycles. The molecule has 1 fully saturated rings. The molecule has 0 radical (unpaired) electrons. The van der Waals surface area contributed by atoms with Gasteiger partial charge in [-0.25, -0.2) is 4.79 Å². The van der Waals surface area contributed by atoms with E-state index in [4.69, 9.17) is 4.74 Å². The smallest absolute Gasteiger partial charge is 0.407 e. The van der Waals surface area contributed by atoms with Crippen LogP contribution >= 0.6 is 0 Å². The summed E-state index contributed by atoms with van der Waals surface area (Å²) in [4.78, 5) is 14.2. The second-order valence-electron chi connectivity index (χ2n) is 6.79. The topological polar surface area (TPSA) is 41.6 Å². The molecule has 1 amide bonds.